The van der Waals surface area contributed by atoms with Crippen molar-refractivity contribution in [1.29, 1.82) is 0 Å². The van der Waals surface area contributed by atoms with Gasteiger partial charge in [0.2, 0.25) is 0 Å². The fraction of sp³-hybridized carbons (Fsp3) is 0.883. The molecule has 488 valence electrons. The molecule has 0 aromatic carbocycles. The Morgan fingerprint density at radius 3 is 0.711 bits per heavy atom. The van der Waals surface area contributed by atoms with Crippen LogP contribution in [0, 0.1) is 0 Å². The van der Waals surface area contributed by atoms with Gasteiger partial charge in [0.05, 0.1) is 0 Å². The van der Waals surface area contributed by atoms with Gasteiger partial charge in [-0.25, -0.2) is 0 Å². The summed E-state index contributed by atoms with van der Waals surface area (Å²) in [4.78, 5) is 38.4. The largest absolute Gasteiger partial charge is 0.462 e. The second-order valence-electron chi connectivity index (χ2n) is 25.6. The van der Waals surface area contributed by atoms with Crippen LogP contribution in [0.4, 0.5) is 0 Å². The number of carbonyl (C=O) groups excluding carboxylic acids is 3. The Labute approximate surface area is 518 Å². The summed E-state index contributed by atoms with van der Waals surface area (Å²) in [5, 5.41) is 0. The minimum atomic E-state index is -0.772. The third-order valence-corrected chi connectivity index (χ3v) is 17.1. The molecule has 6 heteroatoms. The molecule has 0 amide bonds. The maximum absolute atomic E-state index is 13.0. The van der Waals surface area contributed by atoms with E-state index in [1.54, 1.807) is 0 Å². The number of hydrogen-bond acceptors (Lipinski definition) is 6. The topological polar surface area (TPSA) is 78.9 Å². The highest BCUT2D eigenvalue weighted by Crippen LogP contribution is 2.19. The molecule has 0 aromatic heterocycles. The van der Waals surface area contributed by atoms with E-state index in [1.165, 1.54) is 308 Å². The molecule has 83 heavy (non-hydrogen) atoms. The molecule has 0 saturated carbocycles. The molecule has 0 bridgehead atoms. The summed E-state index contributed by atoms with van der Waals surface area (Å²) in [7, 11) is 0. The van der Waals surface area contributed by atoms with E-state index < -0.39 is 6.10 Å². The van der Waals surface area contributed by atoms with Crippen LogP contribution in [0.3, 0.4) is 0 Å². The average Bonchev–Trinajstić information content (AvgIpc) is 3.48. The lowest BCUT2D eigenvalue weighted by Gasteiger charge is -2.18. The van der Waals surface area contributed by atoms with Crippen molar-refractivity contribution in [1.82, 2.24) is 0 Å². The lowest BCUT2D eigenvalue weighted by molar-refractivity contribution is -0.167. The normalized spacial score (nSPS) is 12.2. The number of esters is 3. The fourth-order valence-corrected chi connectivity index (χ4v) is 11.5. The number of rotatable bonds is 70. The van der Waals surface area contributed by atoms with Gasteiger partial charge < -0.3 is 14.2 Å². The molecular weight excluding hydrogens is 1020 g/mol. The Morgan fingerprint density at radius 2 is 0.446 bits per heavy atom. The summed E-state index contributed by atoms with van der Waals surface area (Å²) >= 11 is 0. The van der Waals surface area contributed by atoms with Crippen molar-refractivity contribution in [3.63, 3.8) is 0 Å². The van der Waals surface area contributed by atoms with Crippen LogP contribution in [0.15, 0.2) is 36.5 Å². The molecule has 0 aliphatic carbocycles. The first-order chi connectivity index (χ1) is 41.0. The van der Waals surface area contributed by atoms with E-state index in [9.17, 15) is 14.4 Å². The standard InChI is InChI=1S/C77H144O6/c1-4-7-10-13-16-19-22-24-26-28-30-32-34-35-36-37-38-39-40-41-43-44-46-48-50-52-55-58-61-64-67-70-76(79)82-73-74(72-81-75(78)69-66-63-60-57-54-21-18-15-12-9-6-3)83-77(80)71-68-65-62-59-56-53-51-49-47-45-42-33-31-29-27-25-23-20-17-14-11-8-5-2/h15,18,22,24,28,30,74H,4-14,16-17,19-21,23,25-27,29,31-73H2,1-3H3/b18-15-,24-22-,30-28-. The molecule has 0 aliphatic heterocycles. The van der Waals surface area contributed by atoms with E-state index in [4.69, 9.17) is 14.2 Å². The van der Waals surface area contributed by atoms with Crippen LogP contribution in [-0.2, 0) is 28.6 Å². The van der Waals surface area contributed by atoms with E-state index >= 15 is 0 Å². The molecule has 6 nitrogen and oxygen atoms in total. The van der Waals surface area contributed by atoms with Crippen molar-refractivity contribution >= 4 is 17.9 Å². The van der Waals surface area contributed by atoms with Gasteiger partial charge in [0.25, 0.3) is 0 Å². The van der Waals surface area contributed by atoms with Gasteiger partial charge in [-0.1, -0.05) is 365 Å². The monoisotopic (exact) mass is 1170 g/mol. The first-order valence-electron chi connectivity index (χ1n) is 37.5. The summed E-state index contributed by atoms with van der Waals surface area (Å²) in [6.07, 6.45) is 90.6. The minimum absolute atomic E-state index is 0.0685. The molecule has 0 aliphatic rings. The van der Waals surface area contributed by atoms with Crippen molar-refractivity contribution in [2.24, 2.45) is 0 Å². The Morgan fingerprint density at radius 1 is 0.241 bits per heavy atom. The van der Waals surface area contributed by atoms with Crippen LogP contribution in [0.5, 0.6) is 0 Å². The number of hydrogen-bond donors (Lipinski definition) is 0. The lowest BCUT2D eigenvalue weighted by atomic mass is 10.0. The second kappa shape index (κ2) is 72.1. The second-order valence-corrected chi connectivity index (χ2v) is 25.6. The number of allylic oxidation sites excluding steroid dienone is 6. The summed E-state index contributed by atoms with van der Waals surface area (Å²) < 4.78 is 17.0. The molecule has 0 heterocycles. The zero-order valence-electron chi connectivity index (χ0n) is 56.2. The van der Waals surface area contributed by atoms with Crippen LogP contribution in [-0.4, -0.2) is 37.2 Å². The highest BCUT2D eigenvalue weighted by atomic mass is 16.6. The van der Waals surface area contributed by atoms with Crippen molar-refractivity contribution < 1.29 is 28.6 Å². The molecule has 0 saturated heterocycles. The summed E-state index contributed by atoms with van der Waals surface area (Å²) in [5.74, 6) is -0.847. The number of carbonyl (C=O) groups is 3. The van der Waals surface area contributed by atoms with Gasteiger partial charge in [-0.15, -0.1) is 0 Å². The highest BCUT2D eigenvalue weighted by molar-refractivity contribution is 5.71. The van der Waals surface area contributed by atoms with Gasteiger partial charge in [-0.05, 0) is 70.6 Å². The SMILES string of the molecule is CCCC/C=C\CCCCCCCC(=O)OCC(COC(=O)CCCCCCCCCCCCCCCCCCCCC/C=C\C/C=C\CCCCCCC)OC(=O)CCCCCCCCCCCCCCCCCCCCCCCCC. The molecule has 0 fully saturated rings. The zero-order valence-corrected chi connectivity index (χ0v) is 56.2. The van der Waals surface area contributed by atoms with Crippen LogP contribution in [0.1, 0.15) is 419 Å². The molecule has 0 N–H and O–H groups in total. The van der Waals surface area contributed by atoms with Gasteiger partial charge in [-0.2, -0.15) is 0 Å². The molecule has 1 unspecified atom stereocenters. The van der Waals surface area contributed by atoms with E-state index in [0.717, 1.165) is 70.6 Å². The van der Waals surface area contributed by atoms with Crippen LogP contribution >= 0.6 is 0 Å². The maximum atomic E-state index is 13.0. The number of unbranched alkanes of at least 4 members (excludes halogenated alkanes) is 53. The predicted octanol–water partition coefficient (Wildman–Crippen LogP) is 25.9. The Hall–Kier alpha value is -2.37. The summed E-state index contributed by atoms with van der Waals surface area (Å²) in [6.45, 7) is 6.66. The third kappa shape index (κ3) is 70.3. The number of ether oxygens (including phenoxy) is 3. The van der Waals surface area contributed by atoms with Crippen LogP contribution < -0.4 is 0 Å². The van der Waals surface area contributed by atoms with Crippen molar-refractivity contribution in [3.8, 4) is 0 Å². The Kier molecular flexibility index (Phi) is 70.0. The van der Waals surface area contributed by atoms with E-state index in [2.05, 4.69) is 57.2 Å². The minimum Gasteiger partial charge on any atom is -0.462 e. The fourth-order valence-electron chi connectivity index (χ4n) is 11.5. The molecule has 0 rings (SSSR count). The highest BCUT2D eigenvalue weighted by Gasteiger charge is 2.20. The predicted molar refractivity (Wildman–Crippen MR) is 362 cm³/mol. The molecular formula is C77H144O6. The lowest BCUT2D eigenvalue weighted by Crippen LogP contribution is -2.30. The zero-order chi connectivity index (χ0) is 59.9. The first kappa shape index (κ1) is 80.6. The summed E-state index contributed by atoms with van der Waals surface area (Å²) in [5.41, 5.74) is 0. The van der Waals surface area contributed by atoms with Crippen LogP contribution in [0.25, 0.3) is 0 Å². The quantitative estimate of drug-likeness (QED) is 0.0261. The first-order valence-corrected chi connectivity index (χ1v) is 37.5. The van der Waals surface area contributed by atoms with Gasteiger partial charge in [-0.3, -0.25) is 14.4 Å². The van der Waals surface area contributed by atoms with E-state index in [1.807, 2.05) is 0 Å². The molecule has 0 radical (unpaired) electrons. The molecule has 0 aromatic rings. The Balaban J connectivity index is 4.11. The van der Waals surface area contributed by atoms with Crippen molar-refractivity contribution in [2.45, 2.75) is 425 Å². The smallest absolute Gasteiger partial charge is 0.306 e. The van der Waals surface area contributed by atoms with Gasteiger partial charge in [0.15, 0.2) is 6.10 Å². The average molecular weight is 1170 g/mol. The molecule has 0 spiro atoms. The van der Waals surface area contributed by atoms with Crippen molar-refractivity contribution in [2.75, 3.05) is 13.2 Å². The van der Waals surface area contributed by atoms with Gasteiger partial charge in [0.1, 0.15) is 13.2 Å². The third-order valence-electron chi connectivity index (χ3n) is 17.1. The summed E-state index contributed by atoms with van der Waals surface area (Å²) in [6, 6.07) is 0. The van der Waals surface area contributed by atoms with Crippen molar-refractivity contribution in [3.05, 3.63) is 36.5 Å². The van der Waals surface area contributed by atoms with E-state index in [0.29, 0.717) is 19.3 Å². The van der Waals surface area contributed by atoms with Gasteiger partial charge in [0, 0.05) is 19.3 Å². The maximum Gasteiger partial charge on any atom is 0.306 e. The van der Waals surface area contributed by atoms with Gasteiger partial charge >= 0.3 is 17.9 Å². The Bertz CT molecular complexity index is 1380. The van der Waals surface area contributed by atoms with E-state index in [-0.39, 0.29) is 31.1 Å². The van der Waals surface area contributed by atoms with Crippen LogP contribution in [0.2, 0.25) is 0 Å². The molecule has 1 atom stereocenters.